The molecule has 1 amide bonds. The second kappa shape index (κ2) is 9.45. The number of nitrogens with zero attached hydrogens (tertiary/aromatic N) is 2. The fourth-order valence-corrected chi connectivity index (χ4v) is 4.16. The third kappa shape index (κ3) is 5.10. The van der Waals surface area contributed by atoms with Gasteiger partial charge in [0.1, 0.15) is 0 Å². The van der Waals surface area contributed by atoms with E-state index in [2.05, 4.69) is 44.7 Å². The molecule has 6 heteroatoms. The minimum atomic E-state index is 0.0521. The number of rotatable bonds is 6. The van der Waals surface area contributed by atoms with Crippen molar-refractivity contribution in [3.63, 3.8) is 0 Å². The van der Waals surface area contributed by atoms with Crippen molar-refractivity contribution < 1.29 is 4.79 Å². The summed E-state index contributed by atoms with van der Waals surface area (Å²) in [6.07, 6.45) is 2.28. The lowest BCUT2D eigenvalue weighted by atomic mass is 10.0. The Morgan fingerprint density at radius 1 is 1.13 bits per heavy atom. The Bertz CT molecular complexity index is 976. The van der Waals surface area contributed by atoms with E-state index in [1.807, 2.05) is 37.3 Å². The van der Waals surface area contributed by atoms with Crippen LogP contribution < -0.4 is 5.32 Å². The van der Waals surface area contributed by atoms with Crippen LogP contribution in [0.25, 0.3) is 11.3 Å². The molecule has 30 heavy (non-hydrogen) atoms. The van der Waals surface area contributed by atoms with Gasteiger partial charge in [0.25, 0.3) is 0 Å². The van der Waals surface area contributed by atoms with E-state index in [1.165, 1.54) is 5.56 Å². The van der Waals surface area contributed by atoms with E-state index in [4.69, 9.17) is 11.6 Å². The van der Waals surface area contributed by atoms with Gasteiger partial charge in [-0.25, -0.2) is 0 Å². The zero-order valence-corrected chi connectivity index (χ0v) is 18.0. The highest BCUT2D eigenvalue weighted by Gasteiger charge is 2.22. The molecule has 5 nitrogen and oxygen atoms in total. The predicted molar refractivity (Wildman–Crippen MR) is 120 cm³/mol. The lowest BCUT2D eigenvalue weighted by molar-refractivity contribution is -0.121. The Hall–Kier alpha value is -2.63. The van der Waals surface area contributed by atoms with Crippen LogP contribution >= 0.6 is 11.6 Å². The first kappa shape index (κ1) is 20.6. The fraction of sp³-hybridized carbons (Fsp3) is 0.333. The molecule has 1 fully saturated rings. The molecule has 2 N–H and O–H groups in total. The minimum absolute atomic E-state index is 0.0521. The van der Waals surface area contributed by atoms with Crippen molar-refractivity contribution in [3.8, 4) is 11.3 Å². The molecule has 2 aromatic carbocycles. The molecule has 0 spiro atoms. The van der Waals surface area contributed by atoms with Crippen LogP contribution in [0.5, 0.6) is 0 Å². The first-order valence-corrected chi connectivity index (χ1v) is 10.8. The van der Waals surface area contributed by atoms with E-state index in [0.717, 1.165) is 55.0 Å². The lowest BCUT2D eigenvalue weighted by Gasteiger charge is -2.32. The maximum absolute atomic E-state index is 12.8. The maximum atomic E-state index is 12.8. The van der Waals surface area contributed by atoms with Crippen LogP contribution in [0.4, 0.5) is 0 Å². The zero-order valence-electron chi connectivity index (χ0n) is 17.2. The summed E-state index contributed by atoms with van der Waals surface area (Å²) in [5, 5.41) is 11.3. The average Bonchev–Trinajstić information content (AvgIpc) is 3.11. The number of amides is 1. The molecule has 4 rings (SSSR count). The predicted octanol–water partition coefficient (Wildman–Crippen LogP) is 4.36. The van der Waals surface area contributed by atoms with E-state index in [0.29, 0.717) is 11.4 Å². The van der Waals surface area contributed by atoms with Crippen LogP contribution in [0.15, 0.2) is 54.6 Å². The summed E-state index contributed by atoms with van der Waals surface area (Å²) in [7, 11) is 0. The number of carbonyl (C=O) groups is 1. The summed E-state index contributed by atoms with van der Waals surface area (Å²) < 4.78 is 0. The normalized spacial score (nSPS) is 15.3. The molecule has 0 radical (unpaired) electrons. The van der Waals surface area contributed by atoms with Gasteiger partial charge in [0.2, 0.25) is 5.91 Å². The first-order valence-electron chi connectivity index (χ1n) is 10.4. The number of hydrogen-bond donors (Lipinski definition) is 2. The Morgan fingerprint density at radius 2 is 1.83 bits per heavy atom. The third-order valence-corrected chi connectivity index (χ3v) is 5.98. The van der Waals surface area contributed by atoms with Crippen LogP contribution in [0.1, 0.15) is 29.7 Å². The van der Waals surface area contributed by atoms with Gasteiger partial charge in [0.15, 0.2) is 0 Å². The summed E-state index contributed by atoms with van der Waals surface area (Å²) in [6, 6.07) is 18.3. The van der Waals surface area contributed by atoms with Crippen LogP contribution in [-0.2, 0) is 17.8 Å². The zero-order chi connectivity index (χ0) is 20.9. The van der Waals surface area contributed by atoms with E-state index >= 15 is 0 Å². The lowest BCUT2D eigenvalue weighted by Crippen LogP contribution is -2.44. The Morgan fingerprint density at radius 3 is 2.53 bits per heavy atom. The molecule has 3 aromatic rings. The summed E-state index contributed by atoms with van der Waals surface area (Å²) in [5.74, 6) is 0.0521. The third-order valence-electron chi connectivity index (χ3n) is 5.73. The Kier molecular flexibility index (Phi) is 6.50. The van der Waals surface area contributed by atoms with Gasteiger partial charge >= 0.3 is 0 Å². The van der Waals surface area contributed by atoms with Gasteiger partial charge in [0, 0.05) is 47.5 Å². The summed E-state index contributed by atoms with van der Waals surface area (Å²) in [6.45, 7) is 4.93. The summed E-state index contributed by atoms with van der Waals surface area (Å²) in [4.78, 5) is 15.2. The number of aromatic amines is 1. The number of likely N-dealkylation sites (tertiary alicyclic amines) is 1. The van der Waals surface area contributed by atoms with Gasteiger partial charge in [-0.15, -0.1) is 0 Å². The highest BCUT2D eigenvalue weighted by Crippen LogP contribution is 2.25. The molecule has 156 valence electrons. The molecule has 0 bridgehead atoms. The number of nitrogens with one attached hydrogen (secondary N) is 2. The molecular formula is C24H27ClN4O. The average molecular weight is 423 g/mol. The molecule has 0 saturated carbocycles. The Balaban J connectivity index is 1.32. The van der Waals surface area contributed by atoms with E-state index < -0.39 is 0 Å². The number of benzene rings is 2. The van der Waals surface area contributed by atoms with E-state index in [9.17, 15) is 4.79 Å². The summed E-state index contributed by atoms with van der Waals surface area (Å²) >= 11 is 6.00. The van der Waals surface area contributed by atoms with Crippen molar-refractivity contribution in [2.24, 2.45) is 0 Å². The smallest absolute Gasteiger partial charge is 0.224 e. The van der Waals surface area contributed by atoms with E-state index in [1.54, 1.807) is 0 Å². The molecular weight excluding hydrogens is 396 g/mol. The monoisotopic (exact) mass is 422 g/mol. The minimum Gasteiger partial charge on any atom is -0.353 e. The second-order valence-electron chi connectivity index (χ2n) is 7.96. The SMILES string of the molecule is Cc1[nH]nc(-c2ccc(Cl)cc2)c1CC(=O)NC1CCN(Cc2ccccc2)CC1. The highest BCUT2D eigenvalue weighted by molar-refractivity contribution is 6.30. The van der Waals surface area contributed by atoms with Crippen molar-refractivity contribution in [2.45, 2.75) is 38.8 Å². The van der Waals surface area contributed by atoms with E-state index in [-0.39, 0.29) is 11.9 Å². The van der Waals surface area contributed by atoms with Crippen molar-refractivity contribution in [2.75, 3.05) is 13.1 Å². The maximum Gasteiger partial charge on any atom is 0.224 e. The molecule has 1 aliphatic heterocycles. The molecule has 0 atom stereocenters. The second-order valence-corrected chi connectivity index (χ2v) is 8.40. The standard InChI is InChI=1S/C24H27ClN4O/c1-17-22(24(28-27-17)19-7-9-20(25)10-8-19)15-23(30)26-21-11-13-29(14-12-21)16-18-5-3-2-4-6-18/h2-10,21H,11-16H2,1H3,(H,26,30)(H,27,28). The molecule has 2 heterocycles. The number of aromatic nitrogens is 2. The number of H-pyrrole nitrogens is 1. The number of aryl methyl sites for hydroxylation is 1. The number of hydrogen-bond acceptors (Lipinski definition) is 3. The van der Waals surface area contributed by atoms with Crippen molar-refractivity contribution in [1.82, 2.24) is 20.4 Å². The number of piperidine rings is 1. The highest BCUT2D eigenvalue weighted by atomic mass is 35.5. The molecule has 0 aliphatic carbocycles. The van der Waals surface area contributed by atoms with Crippen molar-refractivity contribution in [3.05, 3.63) is 76.4 Å². The molecule has 1 aromatic heterocycles. The first-order chi connectivity index (χ1) is 14.6. The van der Waals surface area contributed by atoms with Gasteiger partial charge in [-0.3, -0.25) is 14.8 Å². The van der Waals surface area contributed by atoms with Crippen molar-refractivity contribution in [1.29, 1.82) is 0 Å². The quantitative estimate of drug-likeness (QED) is 0.620. The van der Waals surface area contributed by atoms with Crippen LogP contribution in [0, 0.1) is 6.92 Å². The molecule has 1 aliphatic rings. The van der Waals surface area contributed by atoms with Gasteiger partial charge < -0.3 is 5.32 Å². The van der Waals surface area contributed by atoms with Crippen LogP contribution in [-0.4, -0.2) is 40.1 Å². The Labute approximate surface area is 182 Å². The van der Waals surface area contributed by atoms with Gasteiger partial charge in [-0.1, -0.05) is 54.1 Å². The van der Waals surface area contributed by atoms with Crippen LogP contribution in [0.3, 0.4) is 0 Å². The molecule has 0 unspecified atom stereocenters. The summed E-state index contributed by atoms with van der Waals surface area (Å²) in [5.41, 5.74) is 4.98. The molecule has 1 saturated heterocycles. The van der Waals surface area contributed by atoms with Gasteiger partial charge in [-0.05, 0) is 37.5 Å². The fourth-order valence-electron chi connectivity index (χ4n) is 4.03. The van der Waals surface area contributed by atoms with Crippen LogP contribution in [0.2, 0.25) is 5.02 Å². The van der Waals surface area contributed by atoms with Gasteiger partial charge in [-0.2, -0.15) is 5.10 Å². The van der Waals surface area contributed by atoms with Gasteiger partial charge in [0.05, 0.1) is 12.1 Å². The number of carbonyl (C=O) groups excluding carboxylic acids is 1. The topological polar surface area (TPSA) is 61.0 Å². The van der Waals surface area contributed by atoms with Crippen molar-refractivity contribution >= 4 is 17.5 Å². The largest absolute Gasteiger partial charge is 0.353 e. The number of halogens is 1.